The van der Waals surface area contributed by atoms with Crippen LogP contribution in [0.25, 0.3) is 11.1 Å². The van der Waals surface area contributed by atoms with E-state index < -0.39 is 5.54 Å². The van der Waals surface area contributed by atoms with Gasteiger partial charge in [-0.25, -0.2) is 0 Å². The number of benzene rings is 2. The van der Waals surface area contributed by atoms with Gasteiger partial charge in [-0.1, -0.05) is 62.3 Å². The van der Waals surface area contributed by atoms with E-state index in [4.69, 9.17) is 14.3 Å². The molecule has 0 radical (unpaired) electrons. The van der Waals surface area contributed by atoms with Gasteiger partial charge in [-0.05, 0) is 81.4 Å². The molecule has 1 spiro atoms. The Morgan fingerprint density at radius 1 is 1.14 bits per heavy atom. The summed E-state index contributed by atoms with van der Waals surface area (Å²) in [7, 11) is 0. The van der Waals surface area contributed by atoms with Gasteiger partial charge in [0, 0.05) is 35.4 Å². The highest BCUT2D eigenvalue weighted by Gasteiger charge is 2.48. The van der Waals surface area contributed by atoms with Gasteiger partial charge in [0.05, 0.1) is 13.2 Å². The first-order valence-electron chi connectivity index (χ1n) is 14.9. The lowest BCUT2D eigenvalue weighted by Gasteiger charge is -2.30. The zero-order valence-electron chi connectivity index (χ0n) is 25.0. The maximum absolute atomic E-state index is 13.8. The van der Waals surface area contributed by atoms with E-state index in [0.29, 0.717) is 31.3 Å². The van der Waals surface area contributed by atoms with Gasteiger partial charge in [-0.2, -0.15) is 4.47 Å². The number of piperidine rings is 1. The minimum Gasteiger partial charge on any atom is -0.377 e. The second-order valence-electron chi connectivity index (χ2n) is 11.0. The summed E-state index contributed by atoms with van der Waals surface area (Å²) in [4.78, 5) is 21.7. The third-order valence-electron chi connectivity index (χ3n) is 8.13. The molecule has 1 aromatic heterocycles. The summed E-state index contributed by atoms with van der Waals surface area (Å²) in [5.41, 5.74) is 4.22. The van der Waals surface area contributed by atoms with Crippen molar-refractivity contribution in [3.8, 4) is 11.1 Å². The number of ether oxygens (including phenoxy) is 1. The quantitative estimate of drug-likeness (QED) is 0.166. The predicted molar refractivity (Wildman–Crippen MR) is 172 cm³/mol. The number of unbranched alkanes of at least 4 members (excludes halogenated alkanes) is 1. The summed E-state index contributed by atoms with van der Waals surface area (Å²) in [6.45, 7) is 11.0. The first-order chi connectivity index (χ1) is 20.4. The van der Waals surface area contributed by atoms with Gasteiger partial charge in [-0.3, -0.25) is 19.9 Å². The van der Waals surface area contributed by atoms with E-state index >= 15 is 0 Å². The minimum absolute atomic E-state index is 0. The van der Waals surface area contributed by atoms with Crippen LogP contribution in [0.4, 0.5) is 5.82 Å². The third-order valence-corrected chi connectivity index (χ3v) is 9.03. The van der Waals surface area contributed by atoms with Crippen molar-refractivity contribution in [1.82, 2.24) is 15.4 Å². The number of amides is 1. The van der Waals surface area contributed by atoms with Crippen molar-refractivity contribution in [2.45, 2.75) is 90.8 Å². The van der Waals surface area contributed by atoms with E-state index in [1.165, 1.54) is 11.9 Å². The second kappa shape index (κ2) is 14.5. The fraction of sp³-hybridized carbons (Fsp3) is 0.485. The molecule has 2 aliphatic rings. The number of aliphatic imine (C=N–C) groups is 1. The van der Waals surface area contributed by atoms with Crippen molar-refractivity contribution in [3.63, 3.8) is 0 Å². The summed E-state index contributed by atoms with van der Waals surface area (Å²) < 4.78 is 12.2. The lowest BCUT2D eigenvalue weighted by atomic mass is 9.88. The molecule has 3 aromatic rings. The van der Waals surface area contributed by atoms with Crippen LogP contribution in [-0.2, 0) is 22.7 Å². The van der Waals surface area contributed by atoms with Gasteiger partial charge < -0.3 is 14.6 Å². The molecule has 1 fully saturated rings. The fourth-order valence-corrected chi connectivity index (χ4v) is 6.45. The average Bonchev–Trinajstić information content (AvgIpc) is 3.46. The van der Waals surface area contributed by atoms with Crippen molar-refractivity contribution in [3.05, 3.63) is 64.9 Å². The number of hydrogen-bond donors (Lipinski definition) is 2. The number of rotatable bonds is 12. The molecule has 3 heterocycles. The minimum atomic E-state index is -0.616. The van der Waals surface area contributed by atoms with E-state index in [1.807, 2.05) is 49.9 Å². The molecule has 232 valence electrons. The number of nitrogens with one attached hydrogen (secondary N) is 1. The third kappa shape index (κ3) is 6.98. The van der Waals surface area contributed by atoms with Gasteiger partial charge in [0.2, 0.25) is 5.82 Å². The number of aromatic nitrogens is 1. The van der Waals surface area contributed by atoms with E-state index in [2.05, 4.69) is 35.6 Å². The molecule has 1 saturated heterocycles. The molecule has 0 saturated carbocycles. The van der Waals surface area contributed by atoms with Crippen LogP contribution in [-0.4, -0.2) is 52.2 Å². The molecular formula is C33H45N5O4S. The number of aryl methyl sites for hydroxylation is 1. The molecular weight excluding hydrogens is 562 g/mol. The fourth-order valence-electron chi connectivity index (χ4n) is 5.59. The zero-order chi connectivity index (χ0) is 29.7. The molecule has 1 amide bonds. The highest BCUT2D eigenvalue weighted by Crippen LogP contribution is 2.39. The SMILES string of the molecule is C.CCCCC1=NC2(CCNCC2)C(=O)N1Cc1ccc(-c2ccccc2SN(O)c2noc(C)c2C)c(COCC)c1. The molecule has 0 bridgehead atoms. The Morgan fingerprint density at radius 2 is 1.91 bits per heavy atom. The van der Waals surface area contributed by atoms with Crippen LogP contribution in [0.15, 0.2) is 56.9 Å². The van der Waals surface area contributed by atoms with Gasteiger partial charge >= 0.3 is 0 Å². The summed E-state index contributed by atoms with van der Waals surface area (Å²) in [6, 6.07) is 14.3. The largest absolute Gasteiger partial charge is 0.377 e. The van der Waals surface area contributed by atoms with Crippen LogP contribution < -0.4 is 9.79 Å². The van der Waals surface area contributed by atoms with Crippen molar-refractivity contribution in [1.29, 1.82) is 0 Å². The van der Waals surface area contributed by atoms with Crippen LogP contribution in [0.1, 0.15) is 75.8 Å². The molecule has 2 N–H and O–H groups in total. The number of nitrogens with zero attached hydrogens (tertiary/aromatic N) is 4. The van der Waals surface area contributed by atoms with Crippen molar-refractivity contribution in [2.75, 3.05) is 24.2 Å². The molecule has 10 heteroatoms. The van der Waals surface area contributed by atoms with Crippen LogP contribution in [0.3, 0.4) is 0 Å². The predicted octanol–water partition coefficient (Wildman–Crippen LogP) is 7.09. The first-order valence-corrected chi connectivity index (χ1v) is 15.6. The molecule has 9 nitrogen and oxygen atoms in total. The lowest BCUT2D eigenvalue weighted by molar-refractivity contribution is -0.132. The van der Waals surface area contributed by atoms with Crippen molar-refractivity contribution >= 4 is 29.5 Å². The van der Waals surface area contributed by atoms with Crippen molar-refractivity contribution in [2.24, 2.45) is 4.99 Å². The average molecular weight is 608 g/mol. The molecule has 0 aliphatic carbocycles. The van der Waals surface area contributed by atoms with Crippen LogP contribution in [0.2, 0.25) is 0 Å². The van der Waals surface area contributed by atoms with E-state index in [0.717, 1.165) is 88.2 Å². The van der Waals surface area contributed by atoms with E-state index in [-0.39, 0.29) is 13.3 Å². The number of anilines is 1. The Morgan fingerprint density at radius 3 is 2.60 bits per heavy atom. The van der Waals surface area contributed by atoms with Crippen LogP contribution >= 0.6 is 11.9 Å². The van der Waals surface area contributed by atoms with Gasteiger partial charge in [0.1, 0.15) is 17.1 Å². The normalized spacial score (nSPS) is 16.0. The highest BCUT2D eigenvalue weighted by molar-refractivity contribution is 8.00. The smallest absolute Gasteiger partial charge is 0.256 e. The topological polar surface area (TPSA) is 103 Å². The molecule has 43 heavy (non-hydrogen) atoms. The molecule has 5 rings (SSSR count). The summed E-state index contributed by atoms with van der Waals surface area (Å²) >= 11 is 1.18. The summed E-state index contributed by atoms with van der Waals surface area (Å²) in [6.07, 6.45) is 4.37. The first kappa shape index (κ1) is 32.7. The molecule has 0 unspecified atom stereocenters. The molecule has 2 aliphatic heterocycles. The Balaban J connectivity index is 0.00000423. The lowest BCUT2D eigenvalue weighted by Crippen LogP contribution is -2.48. The monoisotopic (exact) mass is 607 g/mol. The Bertz CT molecular complexity index is 1430. The molecule has 2 aromatic carbocycles. The Hall–Kier alpha value is -3.18. The standard InChI is InChI=1S/C32H41N5O4S.CH4/c1-5-7-12-29-34-32(15-17-33-18-16-32)31(38)36(29)20-24-13-14-26(25(19-24)21-40-6-2)27-10-8-9-11-28(27)42-37(39)30-22(3)23(4)41-35-30;/h8-11,13-14,19,33,39H,5-7,12,15-18,20-21H2,1-4H3;1H4. The number of amidine groups is 1. The van der Waals surface area contributed by atoms with Crippen LogP contribution in [0.5, 0.6) is 0 Å². The van der Waals surface area contributed by atoms with Crippen LogP contribution in [0, 0.1) is 13.8 Å². The Labute approximate surface area is 259 Å². The number of carbonyl (C=O) groups excluding carboxylic acids is 1. The Kier molecular flexibility index (Phi) is 11.1. The van der Waals surface area contributed by atoms with E-state index in [9.17, 15) is 10.0 Å². The maximum atomic E-state index is 13.8. The van der Waals surface area contributed by atoms with Gasteiger partial charge in [0.15, 0.2) is 0 Å². The summed E-state index contributed by atoms with van der Waals surface area (Å²) in [5.74, 6) is 2.09. The second-order valence-corrected chi connectivity index (χ2v) is 11.9. The number of hydrogen-bond acceptors (Lipinski definition) is 9. The van der Waals surface area contributed by atoms with Gasteiger partial charge in [0.25, 0.3) is 5.91 Å². The summed E-state index contributed by atoms with van der Waals surface area (Å²) in [5, 5.41) is 18.3. The van der Waals surface area contributed by atoms with Gasteiger partial charge in [-0.15, -0.1) is 0 Å². The van der Waals surface area contributed by atoms with Crippen molar-refractivity contribution < 1.29 is 19.3 Å². The zero-order valence-corrected chi connectivity index (χ0v) is 25.8. The maximum Gasteiger partial charge on any atom is 0.256 e. The number of carbonyl (C=O) groups is 1. The highest BCUT2D eigenvalue weighted by atomic mass is 32.2. The molecule has 0 atom stereocenters. The van der Waals surface area contributed by atoms with E-state index in [1.54, 1.807) is 0 Å².